The Morgan fingerprint density at radius 1 is 1.45 bits per heavy atom. The molecule has 1 heterocycles. The molecule has 116 valence electrons. The van der Waals surface area contributed by atoms with Gasteiger partial charge in [0.05, 0.1) is 13.2 Å². The number of amides is 2. The maximum Gasteiger partial charge on any atom is 0.245 e. The fourth-order valence-corrected chi connectivity index (χ4v) is 2.24. The van der Waals surface area contributed by atoms with Crippen molar-refractivity contribution in [3.05, 3.63) is 0 Å². The summed E-state index contributed by atoms with van der Waals surface area (Å²) in [5.74, 6) is 0.0626. The number of nitrogens with two attached hydrogens (primary N) is 1. The summed E-state index contributed by atoms with van der Waals surface area (Å²) in [5.41, 5.74) is 5.65. The van der Waals surface area contributed by atoms with E-state index >= 15 is 0 Å². The van der Waals surface area contributed by atoms with Crippen LogP contribution >= 0.6 is 0 Å². The number of nitrogens with one attached hydrogen (secondary N) is 1. The maximum absolute atomic E-state index is 12.3. The number of hydrogen-bond donors (Lipinski definition) is 2. The summed E-state index contributed by atoms with van der Waals surface area (Å²) in [6.07, 6.45) is 2.15. The predicted octanol–water partition coefficient (Wildman–Crippen LogP) is 0.115. The zero-order chi connectivity index (χ0) is 15.0. The first-order valence-corrected chi connectivity index (χ1v) is 7.48. The molecule has 2 amide bonds. The average Bonchev–Trinajstić information content (AvgIpc) is 2.49. The molecule has 0 aromatic heterocycles. The summed E-state index contributed by atoms with van der Waals surface area (Å²) < 4.78 is 5.34. The third-order valence-electron chi connectivity index (χ3n) is 3.67. The highest BCUT2D eigenvalue weighted by Gasteiger charge is 2.33. The number of rotatable bonds is 7. The van der Waals surface area contributed by atoms with Gasteiger partial charge >= 0.3 is 0 Å². The molecular weight excluding hydrogens is 258 g/mol. The quantitative estimate of drug-likeness (QED) is 0.695. The van der Waals surface area contributed by atoms with E-state index in [1.54, 1.807) is 4.90 Å². The third kappa shape index (κ3) is 4.76. The van der Waals surface area contributed by atoms with Gasteiger partial charge in [0.1, 0.15) is 6.04 Å². The lowest BCUT2D eigenvalue weighted by Crippen LogP contribution is -2.56. The van der Waals surface area contributed by atoms with Gasteiger partial charge in [0, 0.05) is 19.5 Å². The van der Waals surface area contributed by atoms with E-state index in [4.69, 9.17) is 10.5 Å². The molecule has 6 nitrogen and oxygen atoms in total. The number of carbonyl (C=O) groups is 2. The van der Waals surface area contributed by atoms with Crippen LogP contribution in [0.25, 0.3) is 0 Å². The Bertz CT molecular complexity index is 319. The summed E-state index contributed by atoms with van der Waals surface area (Å²) in [7, 11) is 0. The molecule has 0 aromatic carbocycles. The smallest absolute Gasteiger partial charge is 0.245 e. The van der Waals surface area contributed by atoms with Gasteiger partial charge in [0.25, 0.3) is 0 Å². The van der Waals surface area contributed by atoms with Gasteiger partial charge in [-0.3, -0.25) is 9.59 Å². The molecule has 0 spiro atoms. The van der Waals surface area contributed by atoms with Gasteiger partial charge in [0.2, 0.25) is 11.8 Å². The Morgan fingerprint density at radius 3 is 2.80 bits per heavy atom. The molecule has 1 aliphatic heterocycles. The summed E-state index contributed by atoms with van der Waals surface area (Å²) in [4.78, 5) is 26.1. The van der Waals surface area contributed by atoms with Gasteiger partial charge in [-0.25, -0.2) is 0 Å². The minimum Gasteiger partial charge on any atom is -0.377 e. The van der Waals surface area contributed by atoms with Crippen LogP contribution in [0.4, 0.5) is 0 Å². The van der Waals surface area contributed by atoms with E-state index in [9.17, 15) is 9.59 Å². The second-order valence-corrected chi connectivity index (χ2v) is 5.18. The van der Waals surface area contributed by atoms with Crippen molar-refractivity contribution in [2.45, 2.75) is 39.2 Å². The molecule has 1 rings (SSSR count). The molecule has 0 bridgehead atoms. The molecule has 6 heteroatoms. The fraction of sp³-hybridized carbons (Fsp3) is 0.857. The van der Waals surface area contributed by atoms with Crippen molar-refractivity contribution in [2.24, 2.45) is 11.7 Å². The van der Waals surface area contributed by atoms with Crippen molar-refractivity contribution < 1.29 is 14.3 Å². The molecular formula is C14H27N3O3. The Hall–Kier alpha value is -1.14. The molecule has 0 saturated carbocycles. The van der Waals surface area contributed by atoms with Crippen molar-refractivity contribution in [1.82, 2.24) is 10.2 Å². The number of carbonyl (C=O) groups excluding carboxylic acids is 2. The summed E-state index contributed by atoms with van der Waals surface area (Å²) >= 11 is 0. The Balaban J connectivity index is 2.63. The lowest BCUT2D eigenvalue weighted by atomic mass is 10.0. The van der Waals surface area contributed by atoms with E-state index in [1.807, 2.05) is 13.8 Å². The Labute approximate surface area is 121 Å². The number of morpholine rings is 1. The third-order valence-corrected chi connectivity index (χ3v) is 3.67. The highest BCUT2D eigenvalue weighted by Crippen LogP contribution is 2.14. The van der Waals surface area contributed by atoms with Gasteiger partial charge in [-0.15, -0.1) is 0 Å². The van der Waals surface area contributed by atoms with Crippen molar-refractivity contribution in [3.8, 4) is 0 Å². The van der Waals surface area contributed by atoms with Crippen molar-refractivity contribution in [2.75, 3.05) is 32.8 Å². The summed E-state index contributed by atoms with van der Waals surface area (Å²) in [6, 6.07) is -0.502. The molecule has 1 saturated heterocycles. The van der Waals surface area contributed by atoms with E-state index in [0.29, 0.717) is 32.7 Å². The molecule has 1 fully saturated rings. The minimum atomic E-state index is -0.502. The van der Waals surface area contributed by atoms with Crippen LogP contribution in [0.3, 0.4) is 0 Å². The van der Waals surface area contributed by atoms with Crippen LogP contribution in [0, 0.1) is 5.92 Å². The van der Waals surface area contributed by atoms with Crippen LogP contribution in [-0.4, -0.2) is 55.6 Å². The molecule has 0 aliphatic carbocycles. The van der Waals surface area contributed by atoms with E-state index in [2.05, 4.69) is 5.32 Å². The van der Waals surface area contributed by atoms with E-state index in [1.165, 1.54) is 0 Å². The average molecular weight is 285 g/mol. The first kappa shape index (κ1) is 16.9. The second-order valence-electron chi connectivity index (χ2n) is 5.18. The van der Waals surface area contributed by atoms with Crippen molar-refractivity contribution >= 4 is 11.8 Å². The van der Waals surface area contributed by atoms with Crippen LogP contribution in [0.15, 0.2) is 0 Å². The molecule has 3 N–H and O–H groups in total. The first-order valence-electron chi connectivity index (χ1n) is 7.48. The standard InChI is InChI=1S/C14H27N3O3/c1-3-5-16-14(19)12-10-20-7-6-17(12)13(18)8-11(4-2)9-15/h11-12H,3-10,15H2,1-2H3,(H,16,19). The number of nitrogens with zero attached hydrogens (tertiary/aromatic N) is 1. The van der Waals surface area contributed by atoms with Gasteiger partial charge in [-0.2, -0.15) is 0 Å². The molecule has 0 radical (unpaired) electrons. The van der Waals surface area contributed by atoms with E-state index in [0.717, 1.165) is 12.8 Å². The topological polar surface area (TPSA) is 84.7 Å². The fourth-order valence-electron chi connectivity index (χ4n) is 2.24. The number of hydrogen-bond acceptors (Lipinski definition) is 4. The lowest BCUT2D eigenvalue weighted by Gasteiger charge is -2.35. The SMILES string of the molecule is CCCNC(=O)C1COCCN1C(=O)CC(CC)CN. The maximum atomic E-state index is 12.3. The second kappa shape index (κ2) is 8.92. The molecule has 1 aliphatic rings. The number of ether oxygens (including phenoxy) is 1. The van der Waals surface area contributed by atoms with Crippen molar-refractivity contribution in [1.29, 1.82) is 0 Å². The zero-order valence-corrected chi connectivity index (χ0v) is 12.6. The zero-order valence-electron chi connectivity index (χ0n) is 12.6. The first-order chi connectivity index (χ1) is 9.63. The van der Waals surface area contributed by atoms with Crippen LogP contribution < -0.4 is 11.1 Å². The van der Waals surface area contributed by atoms with Gasteiger partial charge in [-0.1, -0.05) is 20.3 Å². The molecule has 20 heavy (non-hydrogen) atoms. The van der Waals surface area contributed by atoms with Gasteiger partial charge < -0.3 is 20.7 Å². The van der Waals surface area contributed by atoms with Crippen molar-refractivity contribution in [3.63, 3.8) is 0 Å². The van der Waals surface area contributed by atoms with E-state index in [-0.39, 0.29) is 24.3 Å². The normalized spacial score (nSPS) is 20.6. The van der Waals surface area contributed by atoms with Gasteiger partial charge in [-0.05, 0) is 18.9 Å². The molecule has 2 unspecified atom stereocenters. The summed E-state index contributed by atoms with van der Waals surface area (Å²) in [6.45, 7) is 6.38. The highest BCUT2D eigenvalue weighted by atomic mass is 16.5. The Kier molecular flexibility index (Phi) is 7.54. The summed E-state index contributed by atoms with van der Waals surface area (Å²) in [5, 5.41) is 2.83. The largest absolute Gasteiger partial charge is 0.377 e. The van der Waals surface area contributed by atoms with Crippen LogP contribution in [0.1, 0.15) is 33.1 Å². The highest BCUT2D eigenvalue weighted by molar-refractivity contribution is 5.88. The van der Waals surface area contributed by atoms with E-state index < -0.39 is 6.04 Å². The monoisotopic (exact) mass is 285 g/mol. The molecule has 0 aromatic rings. The predicted molar refractivity (Wildman–Crippen MR) is 77.1 cm³/mol. The van der Waals surface area contributed by atoms with Crippen LogP contribution in [0.2, 0.25) is 0 Å². The lowest BCUT2D eigenvalue weighted by molar-refractivity contribution is -0.149. The molecule has 2 atom stereocenters. The van der Waals surface area contributed by atoms with Crippen LogP contribution in [-0.2, 0) is 14.3 Å². The van der Waals surface area contributed by atoms with Gasteiger partial charge in [0.15, 0.2) is 0 Å². The Morgan fingerprint density at radius 2 is 2.20 bits per heavy atom. The van der Waals surface area contributed by atoms with Crippen LogP contribution in [0.5, 0.6) is 0 Å². The minimum absolute atomic E-state index is 0.00208.